The molecule has 1 atom stereocenters. The van der Waals surface area contributed by atoms with Crippen LogP contribution in [0.1, 0.15) is 27.7 Å². The van der Waals surface area contributed by atoms with Crippen LogP contribution in [0.4, 0.5) is 0 Å². The number of ether oxygens (including phenoxy) is 1. The summed E-state index contributed by atoms with van der Waals surface area (Å²) in [6.07, 6.45) is 0.329. The summed E-state index contributed by atoms with van der Waals surface area (Å²) in [7, 11) is 0. The minimum absolute atomic E-state index is 0.0139. The Morgan fingerprint density at radius 2 is 2.00 bits per heavy atom. The van der Waals surface area contributed by atoms with Crippen LogP contribution >= 0.6 is 15.9 Å². The molecule has 0 bridgehead atoms. The molecule has 0 aliphatic carbocycles. The molecule has 1 unspecified atom stereocenters. The standard InChI is InChI=1S/C13H27BrN2O/c1-5-15(6-2)7-8-16-10-12(9-14)17-13(3,4)11-16/h12H,5-11H2,1-4H3. The van der Waals surface area contributed by atoms with Gasteiger partial charge in [-0.1, -0.05) is 29.8 Å². The van der Waals surface area contributed by atoms with E-state index >= 15 is 0 Å². The molecule has 0 radical (unpaired) electrons. The molecule has 1 heterocycles. The van der Waals surface area contributed by atoms with E-state index in [-0.39, 0.29) is 5.60 Å². The predicted octanol–water partition coefficient (Wildman–Crippen LogP) is 2.20. The highest BCUT2D eigenvalue weighted by molar-refractivity contribution is 9.09. The van der Waals surface area contributed by atoms with Gasteiger partial charge in [-0.2, -0.15) is 0 Å². The third-order valence-electron chi connectivity index (χ3n) is 3.35. The van der Waals surface area contributed by atoms with Gasteiger partial charge in [0.2, 0.25) is 0 Å². The molecule has 1 fully saturated rings. The molecule has 102 valence electrons. The average Bonchev–Trinajstić information content (AvgIpc) is 2.28. The van der Waals surface area contributed by atoms with Crippen molar-refractivity contribution in [2.75, 3.05) is 44.6 Å². The quantitative estimate of drug-likeness (QED) is 0.700. The first-order valence-corrected chi connectivity index (χ1v) is 7.81. The van der Waals surface area contributed by atoms with Crippen LogP contribution in [-0.4, -0.2) is 66.1 Å². The lowest BCUT2D eigenvalue weighted by atomic mass is 10.1. The number of halogens is 1. The fraction of sp³-hybridized carbons (Fsp3) is 1.00. The van der Waals surface area contributed by atoms with Gasteiger partial charge in [0.05, 0.1) is 11.7 Å². The van der Waals surface area contributed by atoms with E-state index in [1.165, 1.54) is 0 Å². The number of nitrogens with zero attached hydrogens (tertiary/aromatic N) is 2. The summed E-state index contributed by atoms with van der Waals surface area (Å²) in [4.78, 5) is 5.01. The van der Waals surface area contributed by atoms with Crippen LogP contribution in [-0.2, 0) is 4.74 Å². The fourth-order valence-electron chi connectivity index (χ4n) is 2.49. The molecule has 17 heavy (non-hydrogen) atoms. The van der Waals surface area contributed by atoms with Crippen molar-refractivity contribution in [1.82, 2.24) is 9.80 Å². The van der Waals surface area contributed by atoms with E-state index in [2.05, 4.69) is 53.4 Å². The van der Waals surface area contributed by atoms with Crippen LogP contribution in [0.2, 0.25) is 0 Å². The number of hydrogen-bond acceptors (Lipinski definition) is 3. The van der Waals surface area contributed by atoms with E-state index in [0.717, 1.165) is 44.6 Å². The molecule has 0 aromatic rings. The van der Waals surface area contributed by atoms with Crippen molar-refractivity contribution in [3.05, 3.63) is 0 Å². The van der Waals surface area contributed by atoms with Crippen molar-refractivity contribution in [1.29, 1.82) is 0 Å². The van der Waals surface area contributed by atoms with Crippen molar-refractivity contribution in [2.24, 2.45) is 0 Å². The topological polar surface area (TPSA) is 15.7 Å². The Labute approximate surface area is 115 Å². The Bertz CT molecular complexity index is 219. The van der Waals surface area contributed by atoms with E-state index in [9.17, 15) is 0 Å². The highest BCUT2D eigenvalue weighted by atomic mass is 79.9. The first-order chi connectivity index (χ1) is 8.00. The van der Waals surface area contributed by atoms with Crippen molar-refractivity contribution in [3.8, 4) is 0 Å². The normalized spacial score (nSPS) is 25.4. The van der Waals surface area contributed by atoms with Gasteiger partial charge < -0.3 is 9.64 Å². The van der Waals surface area contributed by atoms with Crippen LogP contribution in [0.15, 0.2) is 0 Å². The second kappa shape index (κ2) is 7.07. The molecule has 0 saturated carbocycles. The maximum atomic E-state index is 6.01. The zero-order valence-electron chi connectivity index (χ0n) is 11.7. The van der Waals surface area contributed by atoms with E-state index < -0.39 is 0 Å². The Morgan fingerprint density at radius 3 is 2.53 bits per heavy atom. The molecule has 1 rings (SSSR count). The molecule has 0 aromatic carbocycles. The maximum Gasteiger partial charge on any atom is 0.0806 e. The van der Waals surface area contributed by atoms with Crippen LogP contribution in [0.5, 0.6) is 0 Å². The number of morpholine rings is 1. The van der Waals surface area contributed by atoms with Gasteiger partial charge in [0.15, 0.2) is 0 Å². The van der Waals surface area contributed by atoms with Crippen LogP contribution in [0.25, 0.3) is 0 Å². The van der Waals surface area contributed by atoms with Gasteiger partial charge in [-0.05, 0) is 26.9 Å². The predicted molar refractivity (Wildman–Crippen MR) is 77.0 cm³/mol. The summed E-state index contributed by atoms with van der Waals surface area (Å²) in [5.41, 5.74) is -0.0139. The highest BCUT2D eigenvalue weighted by Crippen LogP contribution is 2.21. The van der Waals surface area contributed by atoms with Gasteiger partial charge in [-0.25, -0.2) is 0 Å². The molecular weight excluding hydrogens is 280 g/mol. The number of hydrogen-bond donors (Lipinski definition) is 0. The SMILES string of the molecule is CCN(CC)CCN1CC(CBr)OC(C)(C)C1. The van der Waals surface area contributed by atoms with Gasteiger partial charge in [0, 0.05) is 31.5 Å². The monoisotopic (exact) mass is 306 g/mol. The zero-order valence-corrected chi connectivity index (χ0v) is 13.3. The van der Waals surface area contributed by atoms with Crippen molar-refractivity contribution < 1.29 is 4.74 Å². The summed E-state index contributed by atoms with van der Waals surface area (Å²) in [6, 6.07) is 0. The van der Waals surface area contributed by atoms with E-state index in [1.807, 2.05) is 0 Å². The highest BCUT2D eigenvalue weighted by Gasteiger charge is 2.32. The number of alkyl halides is 1. The Morgan fingerprint density at radius 1 is 1.35 bits per heavy atom. The second-order valence-electron chi connectivity index (χ2n) is 5.42. The summed E-state index contributed by atoms with van der Waals surface area (Å²) in [6.45, 7) is 15.5. The van der Waals surface area contributed by atoms with Crippen molar-refractivity contribution in [2.45, 2.75) is 39.4 Å². The Balaban J connectivity index is 2.42. The lowest BCUT2D eigenvalue weighted by molar-refractivity contribution is -0.127. The summed E-state index contributed by atoms with van der Waals surface area (Å²) >= 11 is 3.54. The van der Waals surface area contributed by atoms with Crippen molar-refractivity contribution >= 4 is 15.9 Å². The molecule has 3 nitrogen and oxygen atoms in total. The summed E-state index contributed by atoms with van der Waals surface area (Å²) in [5.74, 6) is 0. The van der Waals surface area contributed by atoms with Crippen LogP contribution in [0.3, 0.4) is 0 Å². The van der Waals surface area contributed by atoms with Gasteiger partial charge in [0.25, 0.3) is 0 Å². The maximum absolute atomic E-state index is 6.01. The Hall–Kier alpha value is 0.360. The minimum Gasteiger partial charge on any atom is -0.369 e. The van der Waals surface area contributed by atoms with Gasteiger partial charge >= 0.3 is 0 Å². The third kappa shape index (κ3) is 5.25. The molecule has 0 aromatic heterocycles. The van der Waals surface area contributed by atoms with E-state index in [1.54, 1.807) is 0 Å². The largest absolute Gasteiger partial charge is 0.369 e. The molecular formula is C13H27BrN2O. The van der Waals surface area contributed by atoms with Crippen molar-refractivity contribution in [3.63, 3.8) is 0 Å². The van der Waals surface area contributed by atoms with Crippen LogP contribution < -0.4 is 0 Å². The second-order valence-corrected chi connectivity index (χ2v) is 6.06. The Kier molecular flexibility index (Phi) is 6.41. The van der Waals surface area contributed by atoms with E-state index in [0.29, 0.717) is 6.10 Å². The minimum atomic E-state index is -0.0139. The number of rotatable bonds is 6. The smallest absolute Gasteiger partial charge is 0.0806 e. The first-order valence-electron chi connectivity index (χ1n) is 6.69. The lowest BCUT2D eigenvalue weighted by Crippen LogP contribution is -2.54. The first kappa shape index (κ1) is 15.4. The molecule has 1 saturated heterocycles. The molecule has 4 heteroatoms. The summed E-state index contributed by atoms with van der Waals surface area (Å²) in [5, 5.41) is 0.929. The molecule has 1 aliphatic rings. The number of likely N-dealkylation sites (N-methyl/N-ethyl adjacent to an activating group) is 1. The molecule has 0 amide bonds. The van der Waals surface area contributed by atoms with Gasteiger partial charge in [-0.15, -0.1) is 0 Å². The zero-order chi connectivity index (χ0) is 12.9. The summed E-state index contributed by atoms with van der Waals surface area (Å²) < 4.78 is 6.01. The van der Waals surface area contributed by atoms with Crippen LogP contribution in [0, 0.1) is 0 Å². The lowest BCUT2D eigenvalue weighted by Gasteiger charge is -2.43. The van der Waals surface area contributed by atoms with Gasteiger partial charge in [-0.3, -0.25) is 4.90 Å². The van der Waals surface area contributed by atoms with Gasteiger partial charge in [0.1, 0.15) is 0 Å². The van der Waals surface area contributed by atoms with E-state index in [4.69, 9.17) is 4.74 Å². The molecule has 0 spiro atoms. The molecule has 1 aliphatic heterocycles. The molecule has 0 N–H and O–H groups in total. The fourth-order valence-corrected chi connectivity index (χ4v) is 2.83. The average molecular weight is 307 g/mol. The third-order valence-corrected chi connectivity index (χ3v) is 4.07.